The van der Waals surface area contributed by atoms with Crippen LogP contribution in [0.15, 0.2) is 58.9 Å². The van der Waals surface area contributed by atoms with E-state index in [0.29, 0.717) is 0 Å². The summed E-state index contributed by atoms with van der Waals surface area (Å²) in [5.41, 5.74) is 4.82. The molecule has 4 heteroatoms. The van der Waals surface area contributed by atoms with Gasteiger partial charge in [0.2, 0.25) is 0 Å². The number of thiazole rings is 1. The van der Waals surface area contributed by atoms with Gasteiger partial charge in [0.15, 0.2) is 0 Å². The van der Waals surface area contributed by atoms with Crippen LogP contribution < -0.4 is 0 Å². The Morgan fingerprint density at radius 1 is 0.950 bits per heavy atom. The second-order valence-corrected chi connectivity index (χ2v) is 6.00. The Morgan fingerprint density at radius 3 is 2.25 bits per heavy atom. The Bertz CT molecular complexity index is 702. The number of aromatic nitrogens is 1. The van der Waals surface area contributed by atoms with Crippen molar-refractivity contribution in [3.05, 3.63) is 59.9 Å². The van der Waals surface area contributed by atoms with Gasteiger partial charge in [-0.1, -0.05) is 12.1 Å². The average Bonchev–Trinajstić information content (AvgIpc) is 2.97. The normalized spacial score (nSPS) is 10.7. The van der Waals surface area contributed by atoms with E-state index in [1.165, 1.54) is 17.0 Å². The first-order valence-electron chi connectivity index (χ1n) is 6.12. The quantitative estimate of drug-likeness (QED) is 0.606. The van der Waals surface area contributed by atoms with Gasteiger partial charge in [0.05, 0.1) is 16.1 Å². The molecule has 2 aromatic carbocycles. The van der Waals surface area contributed by atoms with Crippen LogP contribution in [0.4, 0.5) is 4.39 Å². The van der Waals surface area contributed by atoms with E-state index in [-0.39, 0.29) is 5.82 Å². The summed E-state index contributed by atoms with van der Waals surface area (Å²) in [5.74, 6) is -0.227. The van der Waals surface area contributed by atoms with Crippen LogP contribution in [0.2, 0.25) is 0 Å². The molecule has 1 nitrogen and oxygen atoms in total. The van der Waals surface area contributed by atoms with Crippen LogP contribution in [0.3, 0.4) is 0 Å². The Morgan fingerprint density at radius 2 is 1.60 bits per heavy atom. The Hall–Kier alpha value is -1.65. The SMILES string of the molecule is CSc1ccc(-c2scnc2-c2ccc(F)cc2)cc1. The average molecular weight is 301 g/mol. The molecule has 1 heterocycles. The molecule has 0 spiro atoms. The van der Waals surface area contributed by atoms with Crippen LogP contribution in [-0.2, 0) is 0 Å². The molecule has 0 N–H and O–H groups in total. The molecular weight excluding hydrogens is 289 g/mol. The van der Waals surface area contributed by atoms with Crippen molar-refractivity contribution in [2.45, 2.75) is 4.90 Å². The van der Waals surface area contributed by atoms with E-state index >= 15 is 0 Å². The molecule has 0 atom stereocenters. The summed E-state index contributed by atoms with van der Waals surface area (Å²) in [6.07, 6.45) is 2.06. The third-order valence-corrected chi connectivity index (χ3v) is 4.66. The lowest BCUT2D eigenvalue weighted by molar-refractivity contribution is 0.628. The monoisotopic (exact) mass is 301 g/mol. The number of benzene rings is 2. The molecule has 0 radical (unpaired) electrons. The van der Waals surface area contributed by atoms with E-state index in [1.54, 1.807) is 35.2 Å². The molecule has 0 fully saturated rings. The van der Waals surface area contributed by atoms with Crippen molar-refractivity contribution in [3.63, 3.8) is 0 Å². The van der Waals surface area contributed by atoms with Crippen molar-refractivity contribution in [1.82, 2.24) is 4.98 Å². The highest BCUT2D eigenvalue weighted by Crippen LogP contribution is 2.35. The van der Waals surface area contributed by atoms with Crippen LogP contribution in [0.25, 0.3) is 21.7 Å². The standard InChI is InChI=1S/C16H12FNS2/c1-19-14-8-4-12(5-9-14)16-15(18-10-20-16)11-2-6-13(17)7-3-11/h2-10H,1H3. The summed E-state index contributed by atoms with van der Waals surface area (Å²) >= 11 is 3.33. The minimum Gasteiger partial charge on any atom is -0.244 e. The Balaban J connectivity index is 2.02. The fourth-order valence-corrected chi connectivity index (χ4v) is 3.23. The van der Waals surface area contributed by atoms with Crippen LogP contribution in [0.1, 0.15) is 0 Å². The summed E-state index contributed by atoms with van der Waals surface area (Å²) < 4.78 is 13.0. The minimum atomic E-state index is -0.227. The van der Waals surface area contributed by atoms with Gasteiger partial charge < -0.3 is 0 Å². The highest BCUT2D eigenvalue weighted by Gasteiger charge is 2.10. The lowest BCUT2D eigenvalue weighted by atomic mass is 10.1. The minimum absolute atomic E-state index is 0.227. The molecule has 0 unspecified atom stereocenters. The second-order valence-electron chi connectivity index (χ2n) is 4.27. The molecule has 0 bridgehead atoms. The highest BCUT2D eigenvalue weighted by atomic mass is 32.2. The van der Waals surface area contributed by atoms with Gasteiger partial charge in [-0.3, -0.25) is 0 Å². The largest absolute Gasteiger partial charge is 0.244 e. The van der Waals surface area contributed by atoms with Gasteiger partial charge in [-0.2, -0.15) is 0 Å². The molecule has 0 aliphatic carbocycles. The van der Waals surface area contributed by atoms with E-state index in [0.717, 1.165) is 21.7 Å². The van der Waals surface area contributed by atoms with Crippen molar-refractivity contribution in [2.24, 2.45) is 0 Å². The van der Waals surface area contributed by atoms with Gasteiger partial charge in [-0.15, -0.1) is 23.1 Å². The van der Waals surface area contributed by atoms with Gasteiger partial charge in [-0.25, -0.2) is 9.37 Å². The van der Waals surface area contributed by atoms with Crippen molar-refractivity contribution < 1.29 is 4.39 Å². The number of halogens is 1. The topological polar surface area (TPSA) is 12.9 Å². The Kier molecular flexibility index (Phi) is 3.85. The predicted molar refractivity (Wildman–Crippen MR) is 84.7 cm³/mol. The lowest BCUT2D eigenvalue weighted by Gasteiger charge is -2.04. The molecular formula is C16H12FNS2. The summed E-state index contributed by atoms with van der Waals surface area (Å²) in [4.78, 5) is 6.78. The summed E-state index contributed by atoms with van der Waals surface area (Å²) in [7, 11) is 0. The van der Waals surface area contributed by atoms with E-state index in [4.69, 9.17) is 0 Å². The summed E-state index contributed by atoms with van der Waals surface area (Å²) in [5, 5.41) is 0. The number of hydrogen-bond acceptors (Lipinski definition) is 3. The molecule has 100 valence electrons. The zero-order chi connectivity index (χ0) is 13.9. The van der Waals surface area contributed by atoms with Crippen LogP contribution >= 0.6 is 23.1 Å². The van der Waals surface area contributed by atoms with Crippen LogP contribution in [-0.4, -0.2) is 11.2 Å². The molecule has 0 aliphatic rings. The molecule has 3 rings (SSSR count). The summed E-state index contributed by atoms with van der Waals surface area (Å²) in [6, 6.07) is 14.9. The molecule has 0 saturated carbocycles. The number of thioether (sulfide) groups is 1. The van der Waals surface area contributed by atoms with E-state index in [2.05, 4.69) is 35.5 Å². The van der Waals surface area contributed by atoms with Crippen LogP contribution in [0.5, 0.6) is 0 Å². The Labute approximate surface area is 125 Å². The first-order valence-corrected chi connectivity index (χ1v) is 8.22. The fraction of sp³-hybridized carbons (Fsp3) is 0.0625. The maximum Gasteiger partial charge on any atom is 0.123 e. The van der Waals surface area contributed by atoms with Gasteiger partial charge in [-0.05, 0) is 48.2 Å². The maximum absolute atomic E-state index is 13.0. The molecule has 3 aromatic rings. The fourth-order valence-electron chi connectivity index (χ4n) is 2.01. The lowest BCUT2D eigenvalue weighted by Crippen LogP contribution is -1.83. The van der Waals surface area contributed by atoms with Gasteiger partial charge >= 0.3 is 0 Å². The number of hydrogen-bond donors (Lipinski definition) is 0. The molecule has 20 heavy (non-hydrogen) atoms. The highest BCUT2D eigenvalue weighted by molar-refractivity contribution is 7.98. The molecule has 1 aromatic heterocycles. The smallest absolute Gasteiger partial charge is 0.123 e. The van der Waals surface area contributed by atoms with Crippen molar-refractivity contribution in [1.29, 1.82) is 0 Å². The van der Waals surface area contributed by atoms with Crippen LogP contribution in [0, 0.1) is 5.82 Å². The van der Waals surface area contributed by atoms with E-state index < -0.39 is 0 Å². The number of rotatable bonds is 3. The van der Waals surface area contributed by atoms with Gasteiger partial charge in [0.1, 0.15) is 5.82 Å². The predicted octanol–water partition coefficient (Wildman–Crippen LogP) is 5.34. The number of nitrogens with zero attached hydrogens (tertiary/aromatic N) is 1. The van der Waals surface area contributed by atoms with E-state index in [9.17, 15) is 4.39 Å². The van der Waals surface area contributed by atoms with Gasteiger partial charge in [0, 0.05) is 10.5 Å². The molecule has 0 amide bonds. The van der Waals surface area contributed by atoms with Crippen molar-refractivity contribution >= 4 is 23.1 Å². The molecule has 0 saturated heterocycles. The zero-order valence-corrected chi connectivity index (χ0v) is 12.5. The van der Waals surface area contributed by atoms with Gasteiger partial charge in [0.25, 0.3) is 0 Å². The maximum atomic E-state index is 13.0. The van der Waals surface area contributed by atoms with Crippen molar-refractivity contribution in [2.75, 3.05) is 6.26 Å². The first-order chi connectivity index (χ1) is 9.78. The molecule has 0 aliphatic heterocycles. The first kappa shape index (κ1) is 13.3. The van der Waals surface area contributed by atoms with E-state index in [1.807, 2.05) is 5.51 Å². The zero-order valence-electron chi connectivity index (χ0n) is 10.8. The second kappa shape index (κ2) is 5.77. The summed E-state index contributed by atoms with van der Waals surface area (Å²) in [6.45, 7) is 0. The third-order valence-electron chi connectivity index (χ3n) is 3.04. The van der Waals surface area contributed by atoms with Crippen molar-refractivity contribution in [3.8, 4) is 21.7 Å². The third kappa shape index (κ3) is 2.62.